The summed E-state index contributed by atoms with van der Waals surface area (Å²) in [6.07, 6.45) is 7.98. The highest BCUT2D eigenvalue weighted by atomic mass is 79.9. The Kier molecular flexibility index (Phi) is 5.12. The van der Waals surface area contributed by atoms with E-state index in [2.05, 4.69) is 20.8 Å². The second-order valence-electron chi connectivity index (χ2n) is 5.98. The van der Waals surface area contributed by atoms with Crippen molar-refractivity contribution in [1.29, 1.82) is 0 Å². The molecule has 0 spiro atoms. The normalized spacial score (nSPS) is 28.7. The van der Waals surface area contributed by atoms with E-state index in [1.807, 2.05) is 0 Å². The average Bonchev–Trinajstić information content (AvgIpc) is 2.58. The summed E-state index contributed by atoms with van der Waals surface area (Å²) >= 11 is 3.71. The zero-order chi connectivity index (χ0) is 13.1. The number of hydrogen-bond donors (Lipinski definition) is 0. The first kappa shape index (κ1) is 14.8. The molecule has 0 radical (unpaired) electrons. The zero-order valence-electron chi connectivity index (χ0n) is 11.0. The first-order chi connectivity index (χ1) is 8.55. The molecule has 0 aromatic carbocycles. The van der Waals surface area contributed by atoms with Crippen molar-refractivity contribution in [1.82, 2.24) is 4.90 Å². The Bertz CT molecular complexity index is 347. The molecule has 2 rings (SSSR count). The topological polar surface area (TPSA) is 37.4 Å². The summed E-state index contributed by atoms with van der Waals surface area (Å²) < 4.78 is 22.9. The standard InChI is InChI=1S/C13H24BrNO2S/c14-11-13(5-3-1-2-4-6-13)12-15-7-9-18(16,17)10-8-15/h1-12H2. The summed E-state index contributed by atoms with van der Waals surface area (Å²) in [5, 5.41) is 1.06. The number of sulfone groups is 1. The van der Waals surface area contributed by atoms with Crippen LogP contribution in [0.5, 0.6) is 0 Å². The second kappa shape index (κ2) is 6.23. The highest BCUT2D eigenvalue weighted by Gasteiger charge is 2.33. The quantitative estimate of drug-likeness (QED) is 0.586. The predicted molar refractivity (Wildman–Crippen MR) is 79.0 cm³/mol. The van der Waals surface area contributed by atoms with Crippen LogP contribution in [0, 0.1) is 5.41 Å². The van der Waals surface area contributed by atoms with E-state index in [9.17, 15) is 8.42 Å². The molecule has 1 saturated carbocycles. The predicted octanol–water partition coefficient (Wildman–Crippen LogP) is 2.45. The van der Waals surface area contributed by atoms with Gasteiger partial charge in [0, 0.05) is 25.0 Å². The van der Waals surface area contributed by atoms with Crippen LogP contribution in [-0.4, -0.2) is 49.8 Å². The van der Waals surface area contributed by atoms with Gasteiger partial charge in [-0.15, -0.1) is 0 Å². The lowest BCUT2D eigenvalue weighted by atomic mass is 9.82. The minimum Gasteiger partial charge on any atom is -0.301 e. The van der Waals surface area contributed by atoms with Crippen LogP contribution in [0.1, 0.15) is 38.5 Å². The van der Waals surface area contributed by atoms with Crippen molar-refractivity contribution in [3.05, 3.63) is 0 Å². The van der Waals surface area contributed by atoms with E-state index >= 15 is 0 Å². The summed E-state index contributed by atoms with van der Waals surface area (Å²) in [6.45, 7) is 2.54. The summed E-state index contributed by atoms with van der Waals surface area (Å²) in [4.78, 5) is 2.37. The molecule has 0 unspecified atom stereocenters. The van der Waals surface area contributed by atoms with Gasteiger partial charge in [-0.2, -0.15) is 0 Å². The maximum atomic E-state index is 11.5. The smallest absolute Gasteiger partial charge is 0.152 e. The molecule has 0 atom stereocenters. The van der Waals surface area contributed by atoms with Gasteiger partial charge in [-0.25, -0.2) is 8.42 Å². The number of nitrogens with zero attached hydrogens (tertiary/aromatic N) is 1. The van der Waals surface area contributed by atoms with Gasteiger partial charge in [0.2, 0.25) is 0 Å². The van der Waals surface area contributed by atoms with Crippen molar-refractivity contribution in [3.63, 3.8) is 0 Å². The molecule has 18 heavy (non-hydrogen) atoms. The van der Waals surface area contributed by atoms with Crippen molar-refractivity contribution in [2.24, 2.45) is 5.41 Å². The molecule has 3 nitrogen and oxygen atoms in total. The molecule has 1 saturated heterocycles. The Morgan fingerprint density at radius 3 is 2.06 bits per heavy atom. The fourth-order valence-corrected chi connectivity index (χ4v) is 5.21. The van der Waals surface area contributed by atoms with Gasteiger partial charge in [0.15, 0.2) is 9.84 Å². The van der Waals surface area contributed by atoms with Gasteiger partial charge >= 0.3 is 0 Å². The fraction of sp³-hybridized carbons (Fsp3) is 1.00. The van der Waals surface area contributed by atoms with Crippen molar-refractivity contribution >= 4 is 25.8 Å². The van der Waals surface area contributed by atoms with Crippen LogP contribution in [0.4, 0.5) is 0 Å². The molecular formula is C13H24BrNO2S. The van der Waals surface area contributed by atoms with Crippen LogP contribution in [0.25, 0.3) is 0 Å². The van der Waals surface area contributed by atoms with E-state index in [0.29, 0.717) is 16.9 Å². The molecule has 2 fully saturated rings. The highest BCUT2D eigenvalue weighted by Crippen LogP contribution is 2.37. The first-order valence-electron chi connectivity index (χ1n) is 7.04. The van der Waals surface area contributed by atoms with Gasteiger partial charge in [0.25, 0.3) is 0 Å². The van der Waals surface area contributed by atoms with Crippen molar-refractivity contribution in [3.8, 4) is 0 Å². The van der Waals surface area contributed by atoms with E-state index in [4.69, 9.17) is 0 Å². The number of alkyl halides is 1. The lowest BCUT2D eigenvalue weighted by molar-refractivity contribution is 0.160. The van der Waals surface area contributed by atoms with Crippen LogP contribution in [0.3, 0.4) is 0 Å². The molecule has 5 heteroatoms. The summed E-state index contributed by atoms with van der Waals surface area (Å²) in [5.74, 6) is 0.705. The maximum Gasteiger partial charge on any atom is 0.152 e. The van der Waals surface area contributed by atoms with E-state index < -0.39 is 9.84 Å². The van der Waals surface area contributed by atoms with E-state index in [-0.39, 0.29) is 0 Å². The van der Waals surface area contributed by atoms with Gasteiger partial charge in [-0.3, -0.25) is 0 Å². The third-order valence-corrected chi connectivity index (χ3v) is 7.24. The third kappa shape index (κ3) is 3.94. The van der Waals surface area contributed by atoms with E-state index in [1.54, 1.807) is 0 Å². The number of halogens is 1. The van der Waals surface area contributed by atoms with Crippen molar-refractivity contribution in [2.75, 3.05) is 36.5 Å². The van der Waals surface area contributed by atoms with Gasteiger partial charge in [0.1, 0.15) is 0 Å². The Morgan fingerprint density at radius 2 is 1.56 bits per heavy atom. The monoisotopic (exact) mass is 337 g/mol. The minimum absolute atomic E-state index is 0.353. The minimum atomic E-state index is -2.74. The second-order valence-corrected chi connectivity index (χ2v) is 8.84. The molecule has 1 heterocycles. The van der Waals surface area contributed by atoms with Gasteiger partial charge in [-0.1, -0.05) is 41.6 Å². The van der Waals surface area contributed by atoms with Crippen LogP contribution in [0.15, 0.2) is 0 Å². The molecule has 0 aromatic rings. The maximum absolute atomic E-state index is 11.5. The van der Waals surface area contributed by atoms with Crippen LogP contribution >= 0.6 is 15.9 Å². The summed E-state index contributed by atoms with van der Waals surface area (Å²) in [6, 6.07) is 0. The summed E-state index contributed by atoms with van der Waals surface area (Å²) in [5.41, 5.74) is 0.387. The molecule has 0 amide bonds. The molecule has 1 aliphatic carbocycles. The Balaban J connectivity index is 1.93. The van der Waals surface area contributed by atoms with Gasteiger partial charge in [-0.05, 0) is 18.3 Å². The zero-order valence-corrected chi connectivity index (χ0v) is 13.4. The van der Waals surface area contributed by atoms with E-state index in [0.717, 1.165) is 25.0 Å². The lowest BCUT2D eigenvalue weighted by Gasteiger charge is -2.38. The largest absolute Gasteiger partial charge is 0.301 e. The van der Waals surface area contributed by atoms with Crippen LogP contribution in [-0.2, 0) is 9.84 Å². The molecule has 0 aromatic heterocycles. The number of rotatable bonds is 3. The Labute approximate surface area is 119 Å². The van der Waals surface area contributed by atoms with Crippen LogP contribution < -0.4 is 0 Å². The average molecular weight is 338 g/mol. The van der Waals surface area contributed by atoms with Crippen molar-refractivity contribution in [2.45, 2.75) is 38.5 Å². The summed E-state index contributed by atoms with van der Waals surface area (Å²) in [7, 11) is -2.74. The van der Waals surface area contributed by atoms with Crippen molar-refractivity contribution < 1.29 is 8.42 Å². The molecular weight excluding hydrogens is 314 g/mol. The molecule has 0 bridgehead atoms. The fourth-order valence-electron chi connectivity index (χ4n) is 3.20. The Morgan fingerprint density at radius 1 is 1.00 bits per heavy atom. The molecule has 1 aliphatic heterocycles. The number of hydrogen-bond acceptors (Lipinski definition) is 3. The van der Waals surface area contributed by atoms with Crippen LogP contribution in [0.2, 0.25) is 0 Å². The SMILES string of the molecule is O=S1(=O)CCN(CC2(CBr)CCCCCC2)CC1. The molecule has 2 aliphatic rings. The lowest BCUT2D eigenvalue weighted by Crippen LogP contribution is -2.46. The molecule has 106 valence electrons. The Hall–Kier alpha value is 0.390. The molecule has 0 N–H and O–H groups in total. The third-order valence-electron chi connectivity index (χ3n) is 4.44. The highest BCUT2D eigenvalue weighted by molar-refractivity contribution is 9.09. The van der Waals surface area contributed by atoms with E-state index in [1.165, 1.54) is 38.5 Å². The van der Waals surface area contributed by atoms with Gasteiger partial charge < -0.3 is 4.90 Å². The first-order valence-corrected chi connectivity index (χ1v) is 9.98. The van der Waals surface area contributed by atoms with Gasteiger partial charge in [0.05, 0.1) is 11.5 Å².